The summed E-state index contributed by atoms with van der Waals surface area (Å²) in [5.74, 6) is 0.0208. The van der Waals surface area contributed by atoms with E-state index in [2.05, 4.69) is 22.5 Å². The molecule has 0 fully saturated rings. The van der Waals surface area contributed by atoms with E-state index in [-0.39, 0.29) is 17.5 Å². The number of carbonyl (C=O) groups is 1. The fourth-order valence-corrected chi connectivity index (χ4v) is 2.31. The minimum absolute atomic E-state index is 0.0208. The maximum absolute atomic E-state index is 11.9. The van der Waals surface area contributed by atoms with E-state index in [0.29, 0.717) is 6.54 Å². The first-order chi connectivity index (χ1) is 8.19. The van der Waals surface area contributed by atoms with Crippen molar-refractivity contribution in [2.75, 3.05) is 0 Å². The van der Waals surface area contributed by atoms with E-state index in [1.54, 1.807) is 11.3 Å². The molecule has 0 aliphatic carbocycles. The second kappa shape index (κ2) is 5.80. The fraction of sp³-hybridized carbons (Fsp3) is 0.692. The Labute approximate surface area is 113 Å². The van der Waals surface area contributed by atoms with Crippen LogP contribution in [-0.4, -0.2) is 22.5 Å². The van der Waals surface area contributed by atoms with Crippen molar-refractivity contribution >= 4 is 17.2 Å². The van der Waals surface area contributed by atoms with Crippen molar-refractivity contribution in [3.8, 4) is 0 Å². The average molecular weight is 269 g/mol. The average Bonchev–Trinajstić information content (AvgIpc) is 2.52. The Bertz CT molecular complexity index is 401. The summed E-state index contributed by atoms with van der Waals surface area (Å²) in [6.45, 7) is 12.5. The Hall–Kier alpha value is -0.940. The minimum Gasteiger partial charge on any atom is -0.350 e. The highest BCUT2D eigenvalue weighted by Crippen LogP contribution is 2.16. The van der Waals surface area contributed by atoms with Crippen molar-refractivity contribution in [1.29, 1.82) is 0 Å². The molecule has 0 aliphatic rings. The van der Waals surface area contributed by atoms with Gasteiger partial charge in [0, 0.05) is 17.0 Å². The molecular weight excluding hydrogens is 246 g/mol. The standard InChI is InChI=1S/C13H23N3OS/c1-8-10(3)18-11(15-8)7-14-9(2)12(17)16-13(4,5)6/h9,14H,7H2,1-6H3,(H,16,17). The van der Waals surface area contributed by atoms with Crippen LogP contribution in [0.2, 0.25) is 0 Å². The van der Waals surface area contributed by atoms with Gasteiger partial charge < -0.3 is 5.32 Å². The Morgan fingerprint density at radius 3 is 2.44 bits per heavy atom. The maximum atomic E-state index is 11.9. The number of hydrogen-bond acceptors (Lipinski definition) is 4. The third-order valence-corrected chi connectivity index (χ3v) is 3.60. The van der Waals surface area contributed by atoms with Gasteiger partial charge in [-0.05, 0) is 41.5 Å². The van der Waals surface area contributed by atoms with Gasteiger partial charge in [0.1, 0.15) is 5.01 Å². The highest BCUT2D eigenvalue weighted by atomic mass is 32.1. The summed E-state index contributed by atoms with van der Waals surface area (Å²) in [5, 5.41) is 7.18. The number of aromatic nitrogens is 1. The highest BCUT2D eigenvalue weighted by Gasteiger charge is 2.19. The van der Waals surface area contributed by atoms with E-state index >= 15 is 0 Å². The molecule has 0 bridgehead atoms. The smallest absolute Gasteiger partial charge is 0.237 e. The van der Waals surface area contributed by atoms with Crippen LogP contribution < -0.4 is 10.6 Å². The maximum Gasteiger partial charge on any atom is 0.237 e. The highest BCUT2D eigenvalue weighted by molar-refractivity contribution is 7.11. The Balaban J connectivity index is 2.46. The number of hydrogen-bond donors (Lipinski definition) is 2. The van der Waals surface area contributed by atoms with Gasteiger partial charge in [0.05, 0.1) is 11.7 Å². The van der Waals surface area contributed by atoms with Crippen molar-refractivity contribution in [2.45, 2.75) is 59.7 Å². The molecular formula is C13H23N3OS. The number of rotatable bonds is 4. The van der Waals surface area contributed by atoms with E-state index in [0.717, 1.165) is 10.7 Å². The largest absolute Gasteiger partial charge is 0.350 e. The molecule has 1 atom stereocenters. The molecule has 1 aromatic heterocycles. The number of nitrogens with one attached hydrogen (secondary N) is 2. The van der Waals surface area contributed by atoms with Crippen molar-refractivity contribution in [3.05, 3.63) is 15.6 Å². The molecule has 1 heterocycles. The Morgan fingerprint density at radius 1 is 1.39 bits per heavy atom. The van der Waals surface area contributed by atoms with Crippen LogP contribution >= 0.6 is 11.3 Å². The van der Waals surface area contributed by atoms with Crippen LogP contribution in [0.1, 0.15) is 43.3 Å². The number of nitrogens with zero attached hydrogens (tertiary/aromatic N) is 1. The first-order valence-corrected chi connectivity index (χ1v) is 6.99. The number of amides is 1. The van der Waals surface area contributed by atoms with Gasteiger partial charge in [-0.3, -0.25) is 10.1 Å². The molecule has 0 aliphatic heterocycles. The first-order valence-electron chi connectivity index (χ1n) is 6.17. The Morgan fingerprint density at radius 2 is 2.00 bits per heavy atom. The van der Waals surface area contributed by atoms with Gasteiger partial charge in [-0.2, -0.15) is 0 Å². The summed E-state index contributed by atoms with van der Waals surface area (Å²) in [6, 6.07) is -0.214. The molecule has 0 radical (unpaired) electrons. The lowest BCUT2D eigenvalue weighted by atomic mass is 10.1. The fourth-order valence-electron chi connectivity index (χ4n) is 1.43. The lowest BCUT2D eigenvalue weighted by Crippen LogP contribution is -2.49. The van der Waals surface area contributed by atoms with Gasteiger partial charge >= 0.3 is 0 Å². The molecule has 0 saturated carbocycles. The summed E-state index contributed by atoms with van der Waals surface area (Å²) in [6.07, 6.45) is 0. The lowest BCUT2D eigenvalue weighted by molar-refractivity contribution is -0.124. The summed E-state index contributed by atoms with van der Waals surface area (Å²) >= 11 is 1.68. The van der Waals surface area contributed by atoms with Gasteiger partial charge in [0.2, 0.25) is 5.91 Å². The molecule has 2 N–H and O–H groups in total. The monoisotopic (exact) mass is 269 g/mol. The topological polar surface area (TPSA) is 54.0 Å². The molecule has 1 amide bonds. The van der Waals surface area contributed by atoms with E-state index in [4.69, 9.17) is 0 Å². The SMILES string of the molecule is Cc1nc(CNC(C)C(=O)NC(C)(C)C)sc1C. The molecule has 1 aromatic rings. The zero-order valence-electron chi connectivity index (χ0n) is 12.0. The molecule has 1 rings (SSSR count). The van der Waals surface area contributed by atoms with Gasteiger partial charge in [0.15, 0.2) is 0 Å². The molecule has 4 nitrogen and oxygen atoms in total. The van der Waals surface area contributed by atoms with Gasteiger partial charge in [0.25, 0.3) is 0 Å². The molecule has 5 heteroatoms. The van der Waals surface area contributed by atoms with Gasteiger partial charge in [-0.15, -0.1) is 11.3 Å². The normalized spacial score (nSPS) is 13.4. The first kappa shape index (κ1) is 15.1. The van der Waals surface area contributed by atoms with E-state index < -0.39 is 0 Å². The summed E-state index contributed by atoms with van der Waals surface area (Å²) in [5.41, 5.74) is 0.880. The van der Waals surface area contributed by atoms with Crippen LogP contribution in [-0.2, 0) is 11.3 Å². The third kappa shape index (κ3) is 4.74. The van der Waals surface area contributed by atoms with E-state index in [1.165, 1.54) is 4.88 Å². The predicted molar refractivity (Wildman–Crippen MR) is 75.8 cm³/mol. The molecule has 102 valence electrons. The van der Waals surface area contributed by atoms with Crippen LogP contribution in [0.15, 0.2) is 0 Å². The van der Waals surface area contributed by atoms with Crippen LogP contribution in [0.5, 0.6) is 0 Å². The van der Waals surface area contributed by atoms with Gasteiger partial charge in [-0.25, -0.2) is 4.98 Å². The quantitative estimate of drug-likeness (QED) is 0.880. The van der Waals surface area contributed by atoms with Crippen LogP contribution in [0.3, 0.4) is 0 Å². The third-order valence-electron chi connectivity index (χ3n) is 2.52. The molecule has 1 unspecified atom stereocenters. The molecule has 0 spiro atoms. The molecule has 0 aromatic carbocycles. The zero-order chi connectivity index (χ0) is 13.9. The zero-order valence-corrected chi connectivity index (χ0v) is 12.9. The number of carbonyl (C=O) groups excluding carboxylic acids is 1. The van der Waals surface area contributed by atoms with E-state index in [1.807, 2.05) is 34.6 Å². The summed E-state index contributed by atoms with van der Waals surface area (Å²) in [7, 11) is 0. The second-order valence-corrected chi connectivity index (χ2v) is 6.88. The van der Waals surface area contributed by atoms with Gasteiger partial charge in [-0.1, -0.05) is 0 Å². The van der Waals surface area contributed by atoms with Crippen molar-refractivity contribution in [2.24, 2.45) is 0 Å². The summed E-state index contributed by atoms with van der Waals surface area (Å²) < 4.78 is 0. The number of thiazole rings is 1. The molecule has 18 heavy (non-hydrogen) atoms. The van der Waals surface area contributed by atoms with Crippen LogP contribution in [0.25, 0.3) is 0 Å². The van der Waals surface area contributed by atoms with Crippen molar-refractivity contribution in [1.82, 2.24) is 15.6 Å². The van der Waals surface area contributed by atoms with Crippen LogP contribution in [0.4, 0.5) is 0 Å². The second-order valence-electron chi connectivity index (χ2n) is 5.59. The minimum atomic E-state index is -0.214. The lowest BCUT2D eigenvalue weighted by Gasteiger charge is -2.23. The molecule has 0 saturated heterocycles. The van der Waals surface area contributed by atoms with Crippen molar-refractivity contribution < 1.29 is 4.79 Å². The van der Waals surface area contributed by atoms with Crippen molar-refractivity contribution in [3.63, 3.8) is 0 Å². The number of aryl methyl sites for hydroxylation is 2. The predicted octanol–water partition coefficient (Wildman–Crippen LogP) is 2.15. The van der Waals surface area contributed by atoms with E-state index in [9.17, 15) is 4.79 Å². The Kier molecular flexibility index (Phi) is 4.87. The van der Waals surface area contributed by atoms with Crippen LogP contribution in [0, 0.1) is 13.8 Å². The summed E-state index contributed by atoms with van der Waals surface area (Å²) in [4.78, 5) is 17.5.